The van der Waals surface area contributed by atoms with Crippen LogP contribution < -0.4 is 20.3 Å². The fraction of sp³-hybridized carbons (Fsp3) is 0.250. The highest BCUT2D eigenvalue weighted by Crippen LogP contribution is 2.32. The van der Waals surface area contributed by atoms with Crippen LogP contribution in [0.5, 0.6) is 5.88 Å². The molecule has 1 aromatic carbocycles. The Labute approximate surface area is 212 Å². The molecule has 0 unspecified atom stereocenters. The number of thiophene rings is 1. The lowest BCUT2D eigenvalue weighted by Crippen LogP contribution is -2.32. The average molecular weight is 528 g/mol. The van der Waals surface area contributed by atoms with Crippen LogP contribution in [-0.4, -0.2) is 43.0 Å². The molecule has 0 saturated carbocycles. The largest absolute Gasteiger partial charge is 0.480 e. The van der Waals surface area contributed by atoms with Crippen LogP contribution in [0.4, 0.5) is 5.69 Å². The Morgan fingerprint density at radius 1 is 1.19 bits per heavy atom. The molecule has 0 aliphatic heterocycles. The number of anilines is 1. The van der Waals surface area contributed by atoms with Gasteiger partial charge in [-0.15, -0.1) is 11.3 Å². The van der Waals surface area contributed by atoms with E-state index in [4.69, 9.17) is 4.74 Å². The summed E-state index contributed by atoms with van der Waals surface area (Å²) in [5, 5.41) is 4.65. The summed E-state index contributed by atoms with van der Waals surface area (Å²) in [4.78, 5) is 33.6. The van der Waals surface area contributed by atoms with Crippen LogP contribution >= 0.6 is 11.3 Å². The van der Waals surface area contributed by atoms with Crippen LogP contribution in [0.25, 0.3) is 22.0 Å². The van der Waals surface area contributed by atoms with Gasteiger partial charge in [-0.05, 0) is 47.7 Å². The molecule has 188 valence electrons. The molecule has 2 N–H and O–H groups in total. The Hall–Kier alpha value is -3.77. The number of carbonyl (C=O) groups excluding carboxylic acids is 1. The number of nitrogens with one attached hydrogen (secondary N) is 2. The summed E-state index contributed by atoms with van der Waals surface area (Å²) >= 11 is 1.12. The van der Waals surface area contributed by atoms with Gasteiger partial charge in [0.1, 0.15) is 9.90 Å². The van der Waals surface area contributed by atoms with E-state index in [0.29, 0.717) is 27.6 Å². The average Bonchev–Trinajstić information content (AvgIpc) is 3.31. The van der Waals surface area contributed by atoms with Gasteiger partial charge in [0.2, 0.25) is 11.8 Å². The molecule has 0 bridgehead atoms. The number of fused-ring (bicyclic) bond motifs is 1. The maximum Gasteiger partial charge on any atom is 0.271 e. The van der Waals surface area contributed by atoms with E-state index in [-0.39, 0.29) is 33.8 Å². The molecule has 1 amide bonds. The quantitative estimate of drug-likeness (QED) is 0.360. The number of ether oxygens (including phenoxy) is 1. The highest BCUT2D eigenvalue weighted by Gasteiger charge is 2.21. The number of aryl methyl sites for hydroxylation is 1. The number of methoxy groups -OCH3 is 1. The van der Waals surface area contributed by atoms with E-state index < -0.39 is 15.9 Å². The molecule has 12 heteroatoms. The molecule has 0 radical (unpaired) electrons. The Morgan fingerprint density at radius 2 is 1.97 bits per heavy atom. The van der Waals surface area contributed by atoms with Crippen molar-refractivity contribution < 1.29 is 17.9 Å². The Bertz CT molecular complexity index is 1610. The maximum absolute atomic E-state index is 13.1. The second kappa shape index (κ2) is 10.1. The van der Waals surface area contributed by atoms with Gasteiger partial charge in [0, 0.05) is 25.4 Å². The number of sulfonamides is 1. The van der Waals surface area contributed by atoms with Crippen molar-refractivity contribution >= 4 is 43.9 Å². The van der Waals surface area contributed by atoms with Crippen molar-refractivity contribution in [2.75, 3.05) is 18.9 Å². The number of aromatic nitrogens is 3. The van der Waals surface area contributed by atoms with Gasteiger partial charge in [-0.3, -0.25) is 18.9 Å². The zero-order valence-electron chi connectivity index (χ0n) is 20.1. The summed E-state index contributed by atoms with van der Waals surface area (Å²) in [5.41, 5.74) is 2.25. The second-order valence-corrected chi connectivity index (χ2v) is 11.0. The van der Waals surface area contributed by atoms with Crippen molar-refractivity contribution in [2.45, 2.75) is 24.6 Å². The molecule has 0 saturated heterocycles. The normalized spacial score (nSPS) is 12.3. The Morgan fingerprint density at radius 3 is 2.64 bits per heavy atom. The van der Waals surface area contributed by atoms with Crippen LogP contribution in [-0.2, 0) is 21.4 Å². The Balaban J connectivity index is 1.73. The number of rotatable bonds is 8. The molecule has 4 rings (SSSR count). The number of nitrogens with zero attached hydrogens (tertiary/aromatic N) is 3. The SMILES string of the molecule is CNC(=O)[C@H](C)Cn1cnc2ccc(-c3cnc(OC)c(NS(=O)(=O)c4sccc4C)c3)cc2c1=O. The van der Waals surface area contributed by atoms with Gasteiger partial charge < -0.3 is 10.1 Å². The van der Waals surface area contributed by atoms with E-state index in [9.17, 15) is 18.0 Å². The molecule has 0 spiro atoms. The highest BCUT2D eigenvalue weighted by atomic mass is 32.2. The van der Waals surface area contributed by atoms with Crippen molar-refractivity contribution in [2.24, 2.45) is 5.92 Å². The molecular weight excluding hydrogens is 502 g/mol. The van der Waals surface area contributed by atoms with Crippen molar-refractivity contribution in [3.05, 3.63) is 64.2 Å². The summed E-state index contributed by atoms with van der Waals surface area (Å²) in [6.45, 7) is 3.64. The lowest BCUT2D eigenvalue weighted by atomic mass is 10.0. The Kier molecular flexibility index (Phi) is 7.09. The summed E-state index contributed by atoms with van der Waals surface area (Å²) < 4.78 is 35.3. The van der Waals surface area contributed by atoms with E-state index >= 15 is 0 Å². The first-order chi connectivity index (χ1) is 17.1. The summed E-state index contributed by atoms with van der Waals surface area (Å²) in [6.07, 6.45) is 2.97. The molecule has 0 fully saturated rings. The van der Waals surface area contributed by atoms with E-state index in [1.165, 1.54) is 24.2 Å². The van der Waals surface area contributed by atoms with Crippen molar-refractivity contribution in [3.63, 3.8) is 0 Å². The van der Waals surface area contributed by atoms with Crippen LogP contribution in [0.15, 0.2) is 57.2 Å². The number of amides is 1. The van der Waals surface area contributed by atoms with Gasteiger partial charge in [0.25, 0.3) is 15.6 Å². The molecule has 36 heavy (non-hydrogen) atoms. The van der Waals surface area contributed by atoms with Crippen LogP contribution in [0.2, 0.25) is 0 Å². The minimum Gasteiger partial charge on any atom is -0.480 e. The first kappa shape index (κ1) is 25.3. The van der Waals surface area contributed by atoms with E-state index in [1.54, 1.807) is 56.6 Å². The van der Waals surface area contributed by atoms with Gasteiger partial charge in [0.05, 0.1) is 30.3 Å². The zero-order valence-corrected chi connectivity index (χ0v) is 21.7. The number of pyridine rings is 1. The second-order valence-electron chi connectivity index (χ2n) is 8.23. The number of carbonyl (C=O) groups is 1. The summed E-state index contributed by atoms with van der Waals surface area (Å²) in [6, 6.07) is 8.50. The maximum atomic E-state index is 13.1. The van der Waals surface area contributed by atoms with E-state index in [1.807, 2.05) is 0 Å². The first-order valence-corrected chi connectivity index (χ1v) is 13.3. The third kappa shape index (κ3) is 4.95. The van der Waals surface area contributed by atoms with Crippen LogP contribution in [0, 0.1) is 12.8 Å². The van der Waals surface area contributed by atoms with Gasteiger partial charge in [0.15, 0.2) is 0 Å². The number of benzene rings is 1. The third-order valence-electron chi connectivity index (χ3n) is 5.67. The minimum absolute atomic E-state index is 0.115. The molecular formula is C24H25N5O5S2. The van der Waals surface area contributed by atoms with Gasteiger partial charge in [-0.25, -0.2) is 18.4 Å². The predicted molar refractivity (Wildman–Crippen MR) is 139 cm³/mol. The standard InChI is InChI=1S/C24H25N5O5S2/c1-14-7-8-35-24(14)36(32,33)28-20-10-17(11-26-22(20)34-4)16-5-6-19-18(9-16)23(31)29(13-27-19)12-15(2)21(30)25-3/h5-11,13,15,28H,12H2,1-4H3,(H,25,30)/t15-/m1/s1. The number of hydrogen-bond donors (Lipinski definition) is 2. The molecule has 0 aliphatic carbocycles. The van der Waals surface area contributed by atoms with Crippen molar-refractivity contribution in [3.8, 4) is 17.0 Å². The lowest BCUT2D eigenvalue weighted by Gasteiger charge is -2.14. The van der Waals surface area contributed by atoms with Crippen molar-refractivity contribution in [1.29, 1.82) is 0 Å². The minimum atomic E-state index is -3.85. The van der Waals surface area contributed by atoms with E-state index in [2.05, 4.69) is 20.0 Å². The molecule has 3 heterocycles. The molecule has 0 aliphatic rings. The topological polar surface area (TPSA) is 132 Å². The molecule has 3 aromatic heterocycles. The third-order valence-corrected chi connectivity index (χ3v) is 8.72. The first-order valence-electron chi connectivity index (χ1n) is 11.0. The summed E-state index contributed by atoms with van der Waals surface area (Å²) in [5.74, 6) is -0.471. The van der Waals surface area contributed by atoms with Gasteiger partial charge in [-0.1, -0.05) is 13.0 Å². The number of hydrogen-bond acceptors (Lipinski definition) is 8. The smallest absolute Gasteiger partial charge is 0.271 e. The van der Waals surface area contributed by atoms with Crippen LogP contribution in [0.3, 0.4) is 0 Å². The molecule has 1 atom stereocenters. The van der Waals surface area contributed by atoms with Gasteiger partial charge in [-0.2, -0.15) is 0 Å². The fourth-order valence-electron chi connectivity index (χ4n) is 3.76. The zero-order chi connectivity index (χ0) is 26.0. The van der Waals surface area contributed by atoms with E-state index in [0.717, 1.165) is 11.3 Å². The predicted octanol–water partition coefficient (Wildman–Crippen LogP) is 3.02. The lowest BCUT2D eigenvalue weighted by molar-refractivity contribution is -0.124. The fourth-order valence-corrected chi connectivity index (χ4v) is 6.23. The van der Waals surface area contributed by atoms with Gasteiger partial charge >= 0.3 is 0 Å². The summed E-state index contributed by atoms with van der Waals surface area (Å²) in [7, 11) is -0.898. The monoisotopic (exact) mass is 527 g/mol. The van der Waals surface area contributed by atoms with Crippen molar-refractivity contribution in [1.82, 2.24) is 19.9 Å². The van der Waals surface area contributed by atoms with Crippen LogP contribution in [0.1, 0.15) is 12.5 Å². The highest BCUT2D eigenvalue weighted by molar-refractivity contribution is 7.94. The molecule has 4 aromatic rings. The molecule has 10 nitrogen and oxygen atoms in total.